The van der Waals surface area contributed by atoms with E-state index in [1.807, 2.05) is 25.1 Å². The van der Waals surface area contributed by atoms with Gasteiger partial charge >= 0.3 is 0 Å². The first kappa shape index (κ1) is 8.96. The molecule has 0 saturated carbocycles. The Morgan fingerprint density at radius 2 is 2.25 bits per heavy atom. The lowest BCUT2D eigenvalue weighted by Gasteiger charge is -1.95. The smallest absolute Gasteiger partial charge is 0.222 e. The molecule has 0 saturated heterocycles. The summed E-state index contributed by atoms with van der Waals surface area (Å²) in [7, 11) is 0. The molecular formula is C11H10N4O. The van der Waals surface area contributed by atoms with E-state index in [1.165, 1.54) is 0 Å². The molecule has 0 aliphatic rings. The van der Waals surface area contributed by atoms with Gasteiger partial charge in [-0.2, -0.15) is 0 Å². The van der Waals surface area contributed by atoms with Crippen LogP contribution in [0.4, 0.5) is 5.88 Å². The molecule has 0 spiro atoms. The zero-order chi connectivity index (χ0) is 11.1. The Balaban J connectivity index is 2.30. The number of benzene rings is 1. The fraction of sp³-hybridized carbons (Fsp3) is 0.0909. The van der Waals surface area contributed by atoms with Crippen LogP contribution in [0.1, 0.15) is 5.82 Å². The summed E-state index contributed by atoms with van der Waals surface area (Å²) >= 11 is 0. The Kier molecular flexibility index (Phi) is 1.73. The molecule has 2 heterocycles. The van der Waals surface area contributed by atoms with Crippen molar-refractivity contribution in [3.8, 4) is 11.3 Å². The van der Waals surface area contributed by atoms with E-state index in [9.17, 15) is 0 Å². The van der Waals surface area contributed by atoms with Crippen LogP contribution in [0.15, 0.2) is 28.8 Å². The highest BCUT2D eigenvalue weighted by molar-refractivity contribution is 5.91. The van der Waals surface area contributed by atoms with Gasteiger partial charge in [0.25, 0.3) is 0 Å². The maximum absolute atomic E-state index is 5.51. The number of aromatic nitrogens is 3. The van der Waals surface area contributed by atoms with Crippen molar-refractivity contribution < 1.29 is 4.52 Å². The van der Waals surface area contributed by atoms with Crippen LogP contribution in [-0.4, -0.2) is 15.1 Å². The molecule has 0 radical (unpaired) electrons. The highest BCUT2D eigenvalue weighted by atomic mass is 16.5. The molecule has 16 heavy (non-hydrogen) atoms. The third kappa shape index (κ3) is 1.25. The van der Waals surface area contributed by atoms with Gasteiger partial charge in [0.1, 0.15) is 11.5 Å². The minimum atomic E-state index is 0.305. The molecule has 0 fully saturated rings. The Hall–Kier alpha value is -2.30. The van der Waals surface area contributed by atoms with Gasteiger partial charge in [-0.05, 0) is 13.0 Å². The molecule has 0 bridgehead atoms. The van der Waals surface area contributed by atoms with Gasteiger partial charge in [-0.3, -0.25) is 0 Å². The first-order chi connectivity index (χ1) is 7.74. The van der Waals surface area contributed by atoms with Gasteiger partial charge in [0, 0.05) is 11.6 Å². The largest absolute Gasteiger partial charge is 0.368 e. The van der Waals surface area contributed by atoms with Gasteiger partial charge in [-0.25, -0.2) is 4.98 Å². The molecule has 3 rings (SSSR count). The Bertz CT molecular complexity index is 653. The number of H-pyrrole nitrogens is 1. The Morgan fingerprint density at radius 1 is 1.38 bits per heavy atom. The summed E-state index contributed by atoms with van der Waals surface area (Å²) in [6.07, 6.45) is 0. The molecule has 5 heteroatoms. The van der Waals surface area contributed by atoms with Crippen molar-refractivity contribution in [1.82, 2.24) is 15.1 Å². The zero-order valence-corrected chi connectivity index (χ0v) is 8.69. The number of aromatic amines is 1. The van der Waals surface area contributed by atoms with Crippen LogP contribution in [-0.2, 0) is 0 Å². The van der Waals surface area contributed by atoms with E-state index in [2.05, 4.69) is 15.1 Å². The molecule has 2 aromatic heterocycles. The fourth-order valence-electron chi connectivity index (χ4n) is 1.78. The average Bonchev–Trinajstić information content (AvgIpc) is 2.82. The fourth-order valence-corrected chi connectivity index (χ4v) is 1.78. The molecule has 0 amide bonds. The van der Waals surface area contributed by atoms with E-state index in [0.717, 1.165) is 22.4 Å². The number of nitrogen functional groups attached to an aromatic ring is 1. The molecular weight excluding hydrogens is 204 g/mol. The number of aryl methyl sites for hydroxylation is 1. The van der Waals surface area contributed by atoms with Crippen LogP contribution < -0.4 is 5.73 Å². The van der Waals surface area contributed by atoms with Gasteiger partial charge < -0.3 is 15.2 Å². The highest BCUT2D eigenvalue weighted by Gasteiger charge is 2.10. The number of hydrogen-bond acceptors (Lipinski definition) is 4. The van der Waals surface area contributed by atoms with Crippen LogP contribution in [0.25, 0.3) is 22.3 Å². The van der Waals surface area contributed by atoms with Crippen molar-refractivity contribution in [2.45, 2.75) is 6.92 Å². The molecule has 0 atom stereocenters. The number of imidazole rings is 1. The van der Waals surface area contributed by atoms with Crippen molar-refractivity contribution >= 4 is 16.9 Å². The SMILES string of the molecule is Cc1nc2c(-c3cc(N)on3)cccc2[nH]1. The normalized spacial score (nSPS) is 11.1. The maximum Gasteiger partial charge on any atom is 0.222 e. The van der Waals surface area contributed by atoms with E-state index in [1.54, 1.807) is 6.07 Å². The predicted octanol–water partition coefficient (Wildman–Crippen LogP) is 2.11. The number of anilines is 1. The molecule has 0 unspecified atom stereocenters. The van der Waals surface area contributed by atoms with E-state index < -0.39 is 0 Å². The van der Waals surface area contributed by atoms with Gasteiger partial charge in [0.2, 0.25) is 5.88 Å². The summed E-state index contributed by atoms with van der Waals surface area (Å²) in [5.74, 6) is 1.18. The lowest BCUT2D eigenvalue weighted by molar-refractivity contribution is 0.439. The summed E-state index contributed by atoms with van der Waals surface area (Å²) < 4.78 is 4.86. The summed E-state index contributed by atoms with van der Waals surface area (Å²) in [5.41, 5.74) is 9.00. The standard InChI is InChI=1S/C11H10N4O/c1-6-13-8-4-2-3-7(11(8)14-6)9-5-10(12)16-15-9/h2-5H,12H2,1H3,(H,13,14). The number of fused-ring (bicyclic) bond motifs is 1. The Labute approximate surface area is 91.3 Å². The monoisotopic (exact) mass is 214 g/mol. The first-order valence-corrected chi connectivity index (χ1v) is 4.92. The second-order valence-corrected chi connectivity index (χ2v) is 3.64. The summed E-state index contributed by atoms with van der Waals surface area (Å²) in [5, 5.41) is 3.89. The van der Waals surface area contributed by atoms with Gasteiger partial charge in [-0.15, -0.1) is 0 Å². The van der Waals surface area contributed by atoms with Crippen molar-refractivity contribution in [1.29, 1.82) is 0 Å². The third-order valence-corrected chi connectivity index (χ3v) is 2.44. The third-order valence-electron chi connectivity index (χ3n) is 2.44. The van der Waals surface area contributed by atoms with Crippen molar-refractivity contribution in [3.63, 3.8) is 0 Å². The van der Waals surface area contributed by atoms with Crippen LogP contribution in [0, 0.1) is 6.92 Å². The maximum atomic E-state index is 5.51. The van der Waals surface area contributed by atoms with E-state index in [4.69, 9.17) is 10.3 Å². The van der Waals surface area contributed by atoms with Gasteiger partial charge in [0.05, 0.1) is 11.0 Å². The molecule has 0 aliphatic carbocycles. The second kappa shape index (κ2) is 3.10. The minimum Gasteiger partial charge on any atom is -0.368 e. The number of para-hydroxylation sites is 1. The average molecular weight is 214 g/mol. The van der Waals surface area contributed by atoms with E-state index >= 15 is 0 Å². The number of nitrogens with two attached hydrogens (primary N) is 1. The number of nitrogens with zero attached hydrogens (tertiary/aromatic N) is 2. The van der Waals surface area contributed by atoms with Crippen LogP contribution in [0.2, 0.25) is 0 Å². The van der Waals surface area contributed by atoms with Crippen LogP contribution in [0.5, 0.6) is 0 Å². The quantitative estimate of drug-likeness (QED) is 0.650. The summed E-state index contributed by atoms with van der Waals surface area (Å²) in [6.45, 7) is 1.92. The lowest BCUT2D eigenvalue weighted by atomic mass is 10.1. The van der Waals surface area contributed by atoms with E-state index in [-0.39, 0.29) is 0 Å². The van der Waals surface area contributed by atoms with Crippen LogP contribution in [0.3, 0.4) is 0 Å². The lowest BCUT2D eigenvalue weighted by Crippen LogP contribution is -1.80. The molecule has 3 N–H and O–H groups in total. The predicted molar refractivity (Wildman–Crippen MR) is 60.7 cm³/mol. The summed E-state index contributed by atoms with van der Waals surface area (Å²) in [6, 6.07) is 7.56. The Morgan fingerprint density at radius 3 is 3.00 bits per heavy atom. The highest BCUT2D eigenvalue weighted by Crippen LogP contribution is 2.27. The van der Waals surface area contributed by atoms with Crippen molar-refractivity contribution in [2.75, 3.05) is 5.73 Å². The second-order valence-electron chi connectivity index (χ2n) is 3.64. The van der Waals surface area contributed by atoms with Crippen molar-refractivity contribution in [3.05, 3.63) is 30.1 Å². The van der Waals surface area contributed by atoms with E-state index in [0.29, 0.717) is 11.6 Å². The molecule has 3 aromatic rings. The number of nitrogens with one attached hydrogen (secondary N) is 1. The number of hydrogen-bond donors (Lipinski definition) is 2. The number of rotatable bonds is 1. The topological polar surface area (TPSA) is 80.7 Å². The van der Waals surface area contributed by atoms with Gasteiger partial charge in [-0.1, -0.05) is 17.3 Å². The van der Waals surface area contributed by atoms with Crippen LogP contribution >= 0.6 is 0 Å². The molecule has 0 aliphatic heterocycles. The molecule has 1 aromatic carbocycles. The van der Waals surface area contributed by atoms with Gasteiger partial charge in [0.15, 0.2) is 0 Å². The minimum absolute atomic E-state index is 0.305. The van der Waals surface area contributed by atoms with Crippen molar-refractivity contribution in [2.24, 2.45) is 0 Å². The first-order valence-electron chi connectivity index (χ1n) is 4.92. The summed E-state index contributed by atoms with van der Waals surface area (Å²) in [4.78, 5) is 7.60. The molecule has 5 nitrogen and oxygen atoms in total. The molecule has 80 valence electrons. The zero-order valence-electron chi connectivity index (χ0n) is 8.69.